The molecule has 1 aromatic rings. The van der Waals surface area contributed by atoms with Crippen LogP contribution in [-0.2, 0) is 15.7 Å². The number of carbonyl (C=O) groups is 2. The first kappa shape index (κ1) is 26.2. The Balaban J connectivity index is 1.54. The standard InChI is InChI=1S/C26H35F3N4O3/c1-15(34)31-25-12-17-10-18(13-25)21(19(11-17)14-25)30-23(35)20-6-8-33(22(20)26(27,28)29)9-7-24(3,4)32-16(2)36-5/h6-9,17-19,21,32H,2,10-14H2,1,3-5H3,(H,30,35)(H,31,34)/b9-7+/t17?,18?,19?,21-,25-. The largest absolute Gasteiger partial charge is 0.483 e. The lowest BCUT2D eigenvalue weighted by Gasteiger charge is -2.60. The lowest BCUT2D eigenvalue weighted by Crippen LogP contribution is -2.66. The molecule has 198 valence electrons. The van der Waals surface area contributed by atoms with Gasteiger partial charge in [0.05, 0.1) is 18.2 Å². The highest BCUT2D eigenvalue weighted by Gasteiger charge is 2.56. The summed E-state index contributed by atoms with van der Waals surface area (Å²) in [5.74, 6) is 0.264. The van der Waals surface area contributed by atoms with Crippen LogP contribution in [0.2, 0.25) is 0 Å². The van der Waals surface area contributed by atoms with Gasteiger partial charge in [-0.3, -0.25) is 9.59 Å². The highest BCUT2D eigenvalue weighted by molar-refractivity contribution is 5.96. The summed E-state index contributed by atoms with van der Waals surface area (Å²) in [6.07, 6.45) is 3.64. The Hall–Kier alpha value is -2.91. The molecule has 36 heavy (non-hydrogen) atoms. The fraction of sp³-hybridized carbons (Fsp3) is 0.615. The van der Waals surface area contributed by atoms with E-state index in [2.05, 4.69) is 22.5 Å². The molecule has 1 aromatic heterocycles. The third kappa shape index (κ3) is 5.27. The summed E-state index contributed by atoms with van der Waals surface area (Å²) in [5.41, 5.74) is -2.41. The second kappa shape index (κ2) is 9.19. The van der Waals surface area contributed by atoms with Crippen LogP contribution >= 0.6 is 0 Å². The number of nitrogens with zero attached hydrogens (tertiary/aromatic N) is 1. The number of ether oxygens (including phenoxy) is 1. The van der Waals surface area contributed by atoms with Crippen molar-refractivity contribution < 1.29 is 27.5 Å². The lowest BCUT2D eigenvalue weighted by molar-refractivity contribution is -0.142. The fourth-order valence-corrected chi connectivity index (χ4v) is 6.79. The van der Waals surface area contributed by atoms with Crippen molar-refractivity contribution in [2.24, 2.45) is 17.8 Å². The minimum absolute atomic E-state index is 0.0633. The van der Waals surface area contributed by atoms with E-state index in [0.29, 0.717) is 5.92 Å². The van der Waals surface area contributed by atoms with Gasteiger partial charge in [-0.15, -0.1) is 0 Å². The number of nitrogens with one attached hydrogen (secondary N) is 3. The van der Waals surface area contributed by atoms with Gasteiger partial charge in [0.2, 0.25) is 5.91 Å². The second-order valence-electron chi connectivity index (χ2n) is 11.2. The zero-order valence-electron chi connectivity index (χ0n) is 21.2. The molecular formula is C26H35F3N4O3. The molecule has 0 aliphatic heterocycles. The number of halogens is 3. The average Bonchev–Trinajstić information content (AvgIpc) is 3.18. The topological polar surface area (TPSA) is 84.4 Å². The molecule has 4 saturated carbocycles. The number of methoxy groups -OCH3 is 1. The summed E-state index contributed by atoms with van der Waals surface area (Å²) in [7, 11) is 1.44. The number of hydrogen-bond donors (Lipinski definition) is 3. The summed E-state index contributed by atoms with van der Waals surface area (Å²) >= 11 is 0. The SMILES string of the molecule is C=C(NC(C)(C)/C=C/n1ccc(C(=O)N[C@H]2C3CC4CC2C[C@](NC(C)=O)(C4)C3)c1C(F)(F)F)OC. The monoisotopic (exact) mass is 508 g/mol. The third-order valence-corrected chi connectivity index (χ3v) is 7.80. The van der Waals surface area contributed by atoms with Gasteiger partial charge in [-0.25, -0.2) is 0 Å². The first-order valence-corrected chi connectivity index (χ1v) is 12.3. The molecule has 2 atom stereocenters. The molecule has 1 heterocycles. The summed E-state index contributed by atoms with van der Waals surface area (Å²) < 4.78 is 48.2. The predicted octanol–water partition coefficient (Wildman–Crippen LogP) is 4.28. The molecule has 0 saturated heterocycles. The molecule has 4 fully saturated rings. The Bertz CT molecular complexity index is 1060. The molecule has 10 heteroatoms. The number of aromatic nitrogens is 1. The fourth-order valence-electron chi connectivity index (χ4n) is 6.79. The van der Waals surface area contributed by atoms with E-state index in [9.17, 15) is 22.8 Å². The molecule has 0 spiro atoms. The van der Waals surface area contributed by atoms with Gasteiger partial charge in [-0.2, -0.15) is 13.2 Å². The van der Waals surface area contributed by atoms with E-state index < -0.39 is 28.9 Å². The van der Waals surface area contributed by atoms with Crippen LogP contribution in [0.15, 0.2) is 30.8 Å². The van der Waals surface area contributed by atoms with Crippen LogP contribution in [0.4, 0.5) is 13.2 Å². The van der Waals surface area contributed by atoms with E-state index in [1.165, 1.54) is 32.5 Å². The zero-order chi connectivity index (χ0) is 26.5. The molecule has 0 radical (unpaired) electrons. The lowest BCUT2D eigenvalue weighted by atomic mass is 9.51. The molecule has 2 amide bonds. The average molecular weight is 509 g/mol. The van der Waals surface area contributed by atoms with E-state index in [0.717, 1.165) is 36.7 Å². The van der Waals surface area contributed by atoms with Crippen LogP contribution in [0.5, 0.6) is 0 Å². The molecule has 7 nitrogen and oxygen atoms in total. The van der Waals surface area contributed by atoms with Crippen molar-refractivity contribution in [2.45, 2.75) is 76.2 Å². The summed E-state index contributed by atoms with van der Waals surface area (Å²) in [6.45, 7) is 8.71. The Morgan fingerprint density at radius 3 is 2.39 bits per heavy atom. The maximum Gasteiger partial charge on any atom is 0.432 e. The smallest absolute Gasteiger partial charge is 0.432 e. The predicted molar refractivity (Wildman–Crippen MR) is 129 cm³/mol. The van der Waals surface area contributed by atoms with E-state index in [1.54, 1.807) is 19.9 Å². The first-order chi connectivity index (χ1) is 16.7. The van der Waals surface area contributed by atoms with Gasteiger partial charge in [0.1, 0.15) is 5.69 Å². The number of carbonyl (C=O) groups excluding carboxylic acids is 2. The number of amides is 2. The third-order valence-electron chi connectivity index (χ3n) is 7.80. The summed E-state index contributed by atoms with van der Waals surface area (Å²) in [6, 6.07) is 1.02. The molecule has 3 N–H and O–H groups in total. The van der Waals surface area contributed by atoms with Crippen LogP contribution in [0.1, 0.15) is 68.9 Å². The Labute approximate surface area is 209 Å². The van der Waals surface area contributed by atoms with Crippen molar-refractivity contribution in [2.75, 3.05) is 7.11 Å². The molecule has 4 bridgehead atoms. The van der Waals surface area contributed by atoms with Crippen molar-refractivity contribution >= 4 is 18.0 Å². The summed E-state index contributed by atoms with van der Waals surface area (Å²) in [4.78, 5) is 25.0. The normalized spacial score (nSPS) is 29.3. The molecule has 5 rings (SSSR count). The van der Waals surface area contributed by atoms with E-state index in [4.69, 9.17) is 4.74 Å². The van der Waals surface area contributed by atoms with Crippen LogP contribution in [-0.4, -0.2) is 40.6 Å². The molecule has 2 unspecified atom stereocenters. The van der Waals surface area contributed by atoms with Gasteiger partial charge in [0.25, 0.3) is 5.91 Å². The van der Waals surface area contributed by atoms with Crippen LogP contribution < -0.4 is 16.0 Å². The van der Waals surface area contributed by atoms with E-state index >= 15 is 0 Å². The van der Waals surface area contributed by atoms with Gasteiger partial charge in [-0.05, 0) is 82.4 Å². The highest BCUT2D eigenvalue weighted by Crippen LogP contribution is 2.55. The molecule has 4 aliphatic carbocycles. The first-order valence-electron chi connectivity index (χ1n) is 12.3. The van der Waals surface area contributed by atoms with Gasteiger partial charge in [0.15, 0.2) is 5.88 Å². The maximum absolute atomic E-state index is 14.1. The number of rotatable bonds is 8. The van der Waals surface area contributed by atoms with Gasteiger partial charge < -0.3 is 25.3 Å². The highest BCUT2D eigenvalue weighted by atomic mass is 19.4. The minimum atomic E-state index is -4.73. The molecule has 0 aromatic carbocycles. The van der Waals surface area contributed by atoms with Crippen LogP contribution in [0.3, 0.4) is 0 Å². The Morgan fingerprint density at radius 1 is 1.19 bits per heavy atom. The quantitative estimate of drug-likeness (QED) is 0.458. The Kier molecular flexibility index (Phi) is 6.68. The Morgan fingerprint density at radius 2 is 1.83 bits per heavy atom. The van der Waals surface area contributed by atoms with Crippen molar-refractivity contribution in [3.63, 3.8) is 0 Å². The minimum Gasteiger partial charge on any atom is -0.483 e. The van der Waals surface area contributed by atoms with Crippen molar-refractivity contribution in [1.29, 1.82) is 0 Å². The van der Waals surface area contributed by atoms with Gasteiger partial charge >= 0.3 is 6.18 Å². The van der Waals surface area contributed by atoms with E-state index in [-0.39, 0.29) is 35.2 Å². The van der Waals surface area contributed by atoms with Crippen molar-refractivity contribution in [1.82, 2.24) is 20.5 Å². The van der Waals surface area contributed by atoms with Crippen LogP contribution in [0, 0.1) is 17.8 Å². The van der Waals surface area contributed by atoms with E-state index in [1.807, 2.05) is 0 Å². The summed E-state index contributed by atoms with van der Waals surface area (Å²) in [5, 5.41) is 9.05. The van der Waals surface area contributed by atoms with Gasteiger partial charge in [-0.1, -0.05) is 0 Å². The zero-order valence-corrected chi connectivity index (χ0v) is 21.2. The van der Waals surface area contributed by atoms with Crippen molar-refractivity contribution in [3.05, 3.63) is 42.1 Å². The number of hydrogen-bond acceptors (Lipinski definition) is 4. The number of alkyl halides is 3. The molecule has 4 aliphatic rings. The second-order valence-corrected chi connectivity index (χ2v) is 11.2. The van der Waals surface area contributed by atoms with Crippen molar-refractivity contribution in [3.8, 4) is 0 Å². The van der Waals surface area contributed by atoms with Crippen LogP contribution in [0.25, 0.3) is 6.20 Å². The maximum atomic E-state index is 14.1. The molecular weight excluding hydrogens is 473 g/mol. The van der Waals surface area contributed by atoms with Gasteiger partial charge in [0, 0.05) is 30.9 Å².